The largest absolute Gasteiger partial charge is 0.498 e. The summed E-state index contributed by atoms with van der Waals surface area (Å²) in [5.74, 6) is 0.388. The molecule has 0 fully saturated rings. The first-order valence-corrected chi connectivity index (χ1v) is 4.00. The summed E-state index contributed by atoms with van der Waals surface area (Å²) in [6.07, 6.45) is 0.229. The van der Waals surface area contributed by atoms with E-state index in [0.717, 1.165) is 0 Å². The van der Waals surface area contributed by atoms with Crippen LogP contribution in [0.25, 0.3) is 0 Å². The lowest BCUT2D eigenvalue weighted by Crippen LogP contribution is -2.13. The van der Waals surface area contributed by atoms with Gasteiger partial charge in [0.05, 0.1) is 24.9 Å². The van der Waals surface area contributed by atoms with E-state index in [1.54, 1.807) is 6.92 Å². The number of hydrogen-bond donors (Lipinski definition) is 0. The van der Waals surface area contributed by atoms with Gasteiger partial charge in [0, 0.05) is 0 Å². The van der Waals surface area contributed by atoms with Crippen molar-refractivity contribution < 1.29 is 14.3 Å². The van der Waals surface area contributed by atoms with Gasteiger partial charge in [-0.15, -0.1) is 0 Å². The lowest BCUT2D eigenvalue weighted by Gasteiger charge is -2.08. The van der Waals surface area contributed by atoms with Crippen molar-refractivity contribution >= 4 is 5.97 Å². The molecule has 0 aliphatic heterocycles. The Balaban J connectivity index is 3.38. The minimum absolute atomic E-state index is 0.0534. The molecule has 0 unspecified atom stereocenters. The Kier molecular flexibility index (Phi) is 5.17. The Labute approximate surface area is 73.4 Å². The highest BCUT2D eigenvalue weighted by Gasteiger charge is 2.04. The zero-order chi connectivity index (χ0) is 9.56. The first-order chi connectivity index (χ1) is 5.52. The lowest BCUT2D eigenvalue weighted by atomic mass is 10.4. The smallest absolute Gasteiger partial charge is 0.309 e. The fraction of sp³-hybridized carbons (Fsp3) is 0.667. The summed E-state index contributed by atoms with van der Waals surface area (Å²) in [6.45, 7) is 9.26. The summed E-state index contributed by atoms with van der Waals surface area (Å²) in [5.41, 5.74) is 0. The molecule has 0 aromatic heterocycles. The average molecular weight is 172 g/mol. The van der Waals surface area contributed by atoms with Gasteiger partial charge < -0.3 is 9.47 Å². The topological polar surface area (TPSA) is 35.5 Å². The number of carbonyl (C=O) groups is 1. The number of carbonyl (C=O) groups excluding carboxylic acids is 1. The molecule has 0 radical (unpaired) electrons. The van der Waals surface area contributed by atoms with Gasteiger partial charge in [-0.1, -0.05) is 6.58 Å². The van der Waals surface area contributed by atoms with Gasteiger partial charge in [0.15, 0.2) is 0 Å². The molecule has 0 saturated heterocycles. The molecule has 3 heteroatoms. The quantitative estimate of drug-likeness (QED) is 0.469. The molecule has 0 N–H and O–H groups in total. The fourth-order valence-corrected chi connectivity index (χ4v) is 0.630. The van der Waals surface area contributed by atoms with E-state index < -0.39 is 0 Å². The Morgan fingerprint density at radius 3 is 2.50 bits per heavy atom. The maximum Gasteiger partial charge on any atom is 0.309 e. The molecule has 0 aliphatic rings. The Hall–Kier alpha value is -0.990. The van der Waals surface area contributed by atoms with E-state index in [2.05, 4.69) is 6.58 Å². The summed E-state index contributed by atoms with van der Waals surface area (Å²) >= 11 is 0. The van der Waals surface area contributed by atoms with Gasteiger partial charge in [-0.25, -0.2) is 0 Å². The van der Waals surface area contributed by atoms with Gasteiger partial charge in [0.2, 0.25) is 0 Å². The highest BCUT2D eigenvalue weighted by Crippen LogP contribution is 1.96. The zero-order valence-electron chi connectivity index (χ0n) is 7.92. The van der Waals surface area contributed by atoms with Crippen LogP contribution in [0.4, 0.5) is 0 Å². The van der Waals surface area contributed by atoms with Gasteiger partial charge in [-0.05, 0) is 20.8 Å². The third-order valence-electron chi connectivity index (χ3n) is 1.02. The van der Waals surface area contributed by atoms with E-state index in [1.165, 1.54) is 0 Å². The van der Waals surface area contributed by atoms with Crippen LogP contribution in [0.15, 0.2) is 12.3 Å². The number of rotatable bonds is 5. The standard InChI is InChI=1S/C9H16O3/c1-7(2)11-6-5-9(10)12-8(3)4/h8H,1,5-6H2,2-4H3. The minimum Gasteiger partial charge on any atom is -0.498 e. The molecular weight excluding hydrogens is 156 g/mol. The van der Waals surface area contributed by atoms with Crippen molar-refractivity contribution in [2.24, 2.45) is 0 Å². The van der Waals surface area contributed by atoms with Gasteiger partial charge in [-0.3, -0.25) is 4.79 Å². The van der Waals surface area contributed by atoms with Crippen molar-refractivity contribution in [3.8, 4) is 0 Å². The molecule has 0 bridgehead atoms. The average Bonchev–Trinajstić information content (AvgIpc) is 1.84. The van der Waals surface area contributed by atoms with Crippen molar-refractivity contribution in [3.63, 3.8) is 0 Å². The summed E-state index contributed by atoms with van der Waals surface area (Å²) in [4.78, 5) is 10.9. The SMILES string of the molecule is C=C(C)OCCC(=O)OC(C)C. The van der Waals surface area contributed by atoms with E-state index in [4.69, 9.17) is 9.47 Å². The highest BCUT2D eigenvalue weighted by molar-refractivity contribution is 5.69. The van der Waals surface area contributed by atoms with E-state index >= 15 is 0 Å². The van der Waals surface area contributed by atoms with E-state index in [1.807, 2.05) is 13.8 Å². The van der Waals surface area contributed by atoms with Crippen LogP contribution < -0.4 is 0 Å². The van der Waals surface area contributed by atoms with Crippen molar-refractivity contribution in [3.05, 3.63) is 12.3 Å². The molecule has 0 saturated carbocycles. The summed E-state index contributed by atoms with van der Waals surface area (Å²) in [7, 11) is 0. The summed E-state index contributed by atoms with van der Waals surface area (Å²) < 4.78 is 9.88. The molecule has 0 rings (SSSR count). The summed E-state index contributed by atoms with van der Waals surface area (Å²) in [6, 6.07) is 0. The van der Waals surface area contributed by atoms with E-state index in [0.29, 0.717) is 12.4 Å². The van der Waals surface area contributed by atoms with Crippen molar-refractivity contribution in [1.82, 2.24) is 0 Å². The predicted molar refractivity (Wildman–Crippen MR) is 46.6 cm³/mol. The van der Waals surface area contributed by atoms with E-state index in [9.17, 15) is 4.79 Å². The predicted octanol–water partition coefficient (Wildman–Crippen LogP) is 1.88. The first kappa shape index (κ1) is 11.0. The normalized spacial score (nSPS) is 9.67. The first-order valence-electron chi connectivity index (χ1n) is 4.00. The van der Waals surface area contributed by atoms with Crippen LogP contribution in [0, 0.1) is 0 Å². The Morgan fingerprint density at radius 1 is 1.50 bits per heavy atom. The van der Waals surface area contributed by atoms with Crippen LogP contribution in [0.1, 0.15) is 27.2 Å². The zero-order valence-corrected chi connectivity index (χ0v) is 7.92. The molecule has 0 amide bonds. The molecule has 0 heterocycles. The lowest BCUT2D eigenvalue weighted by molar-refractivity contribution is -0.148. The number of esters is 1. The molecule has 0 aromatic rings. The number of allylic oxidation sites excluding steroid dienone is 1. The molecule has 0 aromatic carbocycles. The molecule has 12 heavy (non-hydrogen) atoms. The summed E-state index contributed by atoms with van der Waals surface area (Å²) in [5, 5.41) is 0. The Morgan fingerprint density at radius 2 is 2.08 bits per heavy atom. The van der Waals surface area contributed by atoms with Crippen LogP contribution in [0.5, 0.6) is 0 Å². The number of hydrogen-bond acceptors (Lipinski definition) is 3. The fourth-order valence-electron chi connectivity index (χ4n) is 0.630. The van der Waals surface area contributed by atoms with Crippen LogP contribution in [-0.4, -0.2) is 18.7 Å². The highest BCUT2D eigenvalue weighted by atomic mass is 16.5. The molecule has 70 valence electrons. The molecule has 0 aliphatic carbocycles. The van der Waals surface area contributed by atoms with Crippen molar-refractivity contribution in [1.29, 1.82) is 0 Å². The van der Waals surface area contributed by atoms with Crippen molar-refractivity contribution in [2.45, 2.75) is 33.3 Å². The number of ether oxygens (including phenoxy) is 2. The molecule has 0 atom stereocenters. The van der Waals surface area contributed by atoms with Crippen LogP contribution >= 0.6 is 0 Å². The van der Waals surface area contributed by atoms with Crippen LogP contribution in [-0.2, 0) is 14.3 Å². The third kappa shape index (κ3) is 7.12. The molecule has 3 nitrogen and oxygen atoms in total. The van der Waals surface area contributed by atoms with Gasteiger partial charge >= 0.3 is 5.97 Å². The van der Waals surface area contributed by atoms with E-state index in [-0.39, 0.29) is 18.5 Å². The maximum atomic E-state index is 10.9. The van der Waals surface area contributed by atoms with Crippen molar-refractivity contribution in [2.75, 3.05) is 6.61 Å². The second-order valence-corrected chi connectivity index (χ2v) is 2.84. The van der Waals surface area contributed by atoms with Gasteiger partial charge in [-0.2, -0.15) is 0 Å². The second-order valence-electron chi connectivity index (χ2n) is 2.84. The van der Waals surface area contributed by atoms with Crippen LogP contribution in [0.3, 0.4) is 0 Å². The molecular formula is C9H16O3. The third-order valence-corrected chi connectivity index (χ3v) is 1.02. The van der Waals surface area contributed by atoms with Gasteiger partial charge in [0.1, 0.15) is 0 Å². The van der Waals surface area contributed by atoms with Crippen LogP contribution in [0.2, 0.25) is 0 Å². The second kappa shape index (κ2) is 5.63. The van der Waals surface area contributed by atoms with Gasteiger partial charge in [0.25, 0.3) is 0 Å². The minimum atomic E-state index is -0.230. The Bertz CT molecular complexity index is 161. The maximum absolute atomic E-state index is 10.9. The monoisotopic (exact) mass is 172 g/mol. The molecule has 0 spiro atoms.